The van der Waals surface area contributed by atoms with Gasteiger partial charge in [0.2, 0.25) is 5.91 Å². The van der Waals surface area contributed by atoms with Crippen molar-refractivity contribution in [3.63, 3.8) is 0 Å². The van der Waals surface area contributed by atoms with Crippen molar-refractivity contribution in [2.45, 2.75) is 41.5 Å². The molecule has 1 aromatic heterocycles. The molecule has 1 amide bonds. The maximum atomic E-state index is 11.3. The summed E-state index contributed by atoms with van der Waals surface area (Å²) in [6.45, 7) is 15.6. The third kappa shape index (κ3) is 7.08. The highest BCUT2D eigenvalue weighted by Gasteiger charge is 2.10. The Labute approximate surface area is 151 Å². The van der Waals surface area contributed by atoms with Crippen molar-refractivity contribution in [3.8, 4) is 0 Å². The van der Waals surface area contributed by atoms with Crippen molar-refractivity contribution in [1.29, 1.82) is 0 Å². The molecule has 0 aliphatic heterocycles. The smallest absolute Gasteiger partial charge is 0.250 e. The molecule has 2 rings (SSSR count). The fourth-order valence-electron chi connectivity index (χ4n) is 1.87. The SMILES string of the molecule is C=C(C)Nc1cc(C(N)=O)cnc1Nc1ccccc1C.CC.CC. The number of aryl methyl sites for hydroxylation is 1. The van der Waals surface area contributed by atoms with Crippen molar-refractivity contribution in [1.82, 2.24) is 4.98 Å². The predicted molar refractivity (Wildman–Crippen MR) is 108 cm³/mol. The van der Waals surface area contributed by atoms with E-state index in [0.717, 1.165) is 16.9 Å². The predicted octanol–water partition coefficient (Wildman–Crippen LogP) is 5.23. The Balaban J connectivity index is 0.00000134. The van der Waals surface area contributed by atoms with Crippen LogP contribution in [0.25, 0.3) is 0 Å². The minimum atomic E-state index is -0.519. The average molecular weight is 342 g/mol. The van der Waals surface area contributed by atoms with Gasteiger partial charge in [-0.25, -0.2) is 4.98 Å². The molecule has 5 heteroatoms. The summed E-state index contributed by atoms with van der Waals surface area (Å²) in [7, 11) is 0. The fraction of sp³-hybridized carbons (Fsp3) is 0.300. The van der Waals surface area contributed by atoms with Crippen LogP contribution in [0.15, 0.2) is 48.8 Å². The summed E-state index contributed by atoms with van der Waals surface area (Å²) in [6, 6.07) is 9.54. The second-order valence-electron chi connectivity index (χ2n) is 4.83. The van der Waals surface area contributed by atoms with Crippen molar-refractivity contribution in [2.24, 2.45) is 5.73 Å². The topological polar surface area (TPSA) is 80.0 Å². The number of benzene rings is 1. The number of aromatic nitrogens is 1. The van der Waals surface area contributed by atoms with Gasteiger partial charge in [-0.1, -0.05) is 52.5 Å². The highest BCUT2D eigenvalue weighted by molar-refractivity contribution is 5.94. The summed E-state index contributed by atoms with van der Waals surface area (Å²) in [5.41, 5.74) is 9.07. The van der Waals surface area contributed by atoms with Crippen LogP contribution in [0.3, 0.4) is 0 Å². The van der Waals surface area contributed by atoms with Crippen LogP contribution < -0.4 is 16.4 Å². The standard InChI is InChI=1S/C16H18N4O.2C2H6/c1-10(2)19-14-8-12(15(17)21)9-18-16(14)20-13-7-5-4-6-11(13)3;2*1-2/h4-9,19H,1H2,2-3H3,(H2,17,21)(H,18,20);2*1-2H3. The van der Waals surface area contributed by atoms with E-state index in [-0.39, 0.29) is 0 Å². The molecule has 0 bridgehead atoms. The molecule has 136 valence electrons. The van der Waals surface area contributed by atoms with Crippen molar-refractivity contribution in [3.05, 3.63) is 59.9 Å². The molecule has 25 heavy (non-hydrogen) atoms. The van der Waals surface area contributed by atoms with Gasteiger partial charge in [0, 0.05) is 17.6 Å². The largest absolute Gasteiger partial charge is 0.366 e. The van der Waals surface area contributed by atoms with Crippen LogP contribution in [-0.2, 0) is 0 Å². The maximum absolute atomic E-state index is 11.3. The Morgan fingerprint density at radius 2 is 1.72 bits per heavy atom. The molecule has 0 fully saturated rings. The minimum Gasteiger partial charge on any atom is -0.366 e. The van der Waals surface area contributed by atoms with E-state index in [4.69, 9.17) is 5.73 Å². The number of hydrogen-bond donors (Lipinski definition) is 3. The van der Waals surface area contributed by atoms with Crippen molar-refractivity contribution >= 4 is 23.1 Å². The lowest BCUT2D eigenvalue weighted by molar-refractivity contribution is 0.1000. The Morgan fingerprint density at radius 1 is 1.12 bits per heavy atom. The van der Waals surface area contributed by atoms with Gasteiger partial charge in [0.05, 0.1) is 11.3 Å². The lowest BCUT2D eigenvalue weighted by atomic mass is 10.2. The van der Waals surface area contributed by atoms with E-state index >= 15 is 0 Å². The Kier molecular flexibility index (Phi) is 10.4. The van der Waals surface area contributed by atoms with Gasteiger partial charge in [0.25, 0.3) is 0 Å². The van der Waals surface area contributed by atoms with E-state index in [2.05, 4.69) is 22.2 Å². The normalized spacial score (nSPS) is 8.88. The zero-order valence-electron chi connectivity index (χ0n) is 16.1. The minimum absolute atomic E-state index is 0.342. The van der Waals surface area contributed by atoms with E-state index in [9.17, 15) is 4.79 Å². The summed E-state index contributed by atoms with van der Waals surface area (Å²) >= 11 is 0. The van der Waals surface area contributed by atoms with Gasteiger partial charge in [-0.2, -0.15) is 0 Å². The molecule has 0 aliphatic rings. The molecule has 1 heterocycles. The van der Waals surface area contributed by atoms with Crippen molar-refractivity contribution in [2.75, 3.05) is 10.6 Å². The van der Waals surface area contributed by atoms with Crippen LogP contribution in [0.1, 0.15) is 50.5 Å². The number of nitrogens with one attached hydrogen (secondary N) is 2. The van der Waals surface area contributed by atoms with Crippen LogP contribution >= 0.6 is 0 Å². The molecule has 5 nitrogen and oxygen atoms in total. The fourth-order valence-corrected chi connectivity index (χ4v) is 1.87. The second kappa shape index (κ2) is 11.7. The first-order valence-corrected chi connectivity index (χ1v) is 8.52. The third-order valence-corrected chi connectivity index (χ3v) is 2.92. The number of carbonyl (C=O) groups excluding carboxylic acids is 1. The Hall–Kier alpha value is -2.82. The number of allylic oxidation sites excluding steroid dienone is 1. The Morgan fingerprint density at radius 3 is 2.24 bits per heavy atom. The number of nitrogens with zero attached hydrogens (tertiary/aromatic N) is 1. The molecule has 0 atom stereocenters. The first-order chi connectivity index (χ1) is 12.0. The lowest BCUT2D eigenvalue weighted by Gasteiger charge is -2.15. The van der Waals surface area contributed by atoms with Crippen LogP contribution in [0.4, 0.5) is 17.2 Å². The van der Waals surface area contributed by atoms with Gasteiger partial charge < -0.3 is 16.4 Å². The molecule has 0 aliphatic carbocycles. The van der Waals surface area contributed by atoms with Gasteiger partial charge in [0.1, 0.15) is 0 Å². The number of carbonyl (C=O) groups is 1. The zero-order chi connectivity index (χ0) is 19.4. The summed E-state index contributed by atoms with van der Waals surface area (Å²) in [5, 5.41) is 6.33. The van der Waals surface area contributed by atoms with E-state index in [1.165, 1.54) is 6.20 Å². The monoisotopic (exact) mass is 342 g/mol. The van der Waals surface area contributed by atoms with Crippen LogP contribution in [0.2, 0.25) is 0 Å². The number of primary amides is 1. The van der Waals surface area contributed by atoms with E-state index in [1.54, 1.807) is 6.07 Å². The van der Waals surface area contributed by atoms with Gasteiger partial charge in [-0.3, -0.25) is 4.79 Å². The molecule has 0 saturated carbocycles. The van der Waals surface area contributed by atoms with Crippen LogP contribution in [-0.4, -0.2) is 10.9 Å². The van der Waals surface area contributed by atoms with E-state index in [1.807, 2.05) is 65.8 Å². The molecule has 0 unspecified atom stereocenters. The maximum Gasteiger partial charge on any atom is 0.250 e. The highest BCUT2D eigenvalue weighted by atomic mass is 16.1. The number of nitrogens with two attached hydrogens (primary N) is 1. The van der Waals surface area contributed by atoms with Gasteiger partial charge >= 0.3 is 0 Å². The molecule has 0 saturated heterocycles. The number of anilines is 3. The molecule has 1 aromatic carbocycles. The zero-order valence-corrected chi connectivity index (χ0v) is 16.1. The number of hydrogen-bond acceptors (Lipinski definition) is 4. The molecular weight excluding hydrogens is 312 g/mol. The average Bonchev–Trinajstić information content (AvgIpc) is 2.61. The van der Waals surface area contributed by atoms with Gasteiger partial charge in [-0.05, 0) is 31.5 Å². The first kappa shape index (κ1) is 22.2. The van der Waals surface area contributed by atoms with E-state index < -0.39 is 5.91 Å². The molecule has 0 spiro atoms. The second-order valence-corrected chi connectivity index (χ2v) is 4.83. The lowest BCUT2D eigenvalue weighted by Crippen LogP contribution is -2.13. The van der Waals surface area contributed by atoms with Crippen molar-refractivity contribution < 1.29 is 4.79 Å². The molecule has 2 aromatic rings. The van der Waals surface area contributed by atoms with E-state index in [0.29, 0.717) is 17.1 Å². The molecular formula is C20H30N4O. The number of amides is 1. The summed E-state index contributed by atoms with van der Waals surface area (Å²) < 4.78 is 0. The number of para-hydroxylation sites is 1. The quantitative estimate of drug-likeness (QED) is 0.695. The summed E-state index contributed by atoms with van der Waals surface area (Å²) in [4.78, 5) is 15.5. The summed E-state index contributed by atoms with van der Waals surface area (Å²) in [5.74, 6) is 0.0898. The van der Waals surface area contributed by atoms with Gasteiger partial charge in [-0.15, -0.1) is 0 Å². The molecule has 4 N–H and O–H groups in total. The van der Waals surface area contributed by atoms with Gasteiger partial charge in [0.15, 0.2) is 5.82 Å². The Bertz CT molecular complexity index is 696. The third-order valence-electron chi connectivity index (χ3n) is 2.92. The number of pyridine rings is 1. The van der Waals surface area contributed by atoms with Crippen LogP contribution in [0.5, 0.6) is 0 Å². The summed E-state index contributed by atoms with van der Waals surface area (Å²) in [6.07, 6.45) is 1.45. The molecule has 0 radical (unpaired) electrons. The highest BCUT2D eigenvalue weighted by Crippen LogP contribution is 2.26. The number of rotatable bonds is 5. The van der Waals surface area contributed by atoms with Crippen LogP contribution in [0, 0.1) is 6.92 Å². The first-order valence-electron chi connectivity index (χ1n) is 8.52.